The van der Waals surface area contributed by atoms with Gasteiger partial charge in [0.1, 0.15) is 22.9 Å². The van der Waals surface area contributed by atoms with Crippen LogP contribution in [0.5, 0.6) is 5.75 Å². The zero-order valence-corrected chi connectivity index (χ0v) is 16.5. The van der Waals surface area contributed by atoms with E-state index in [4.69, 9.17) is 4.74 Å². The van der Waals surface area contributed by atoms with Gasteiger partial charge in [0.25, 0.3) is 5.91 Å². The predicted octanol–water partition coefficient (Wildman–Crippen LogP) is 4.33. The summed E-state index contributed by atoms with van der Waals surface area (Å²) in [5.41, 5.74) is -0.961. The minimum absolute atomic E-state index is 0.111. The molecule has 0 aliphatic heterocycles. The third-order valence-corrected chi connectivity index (χ3v) is 4.68. The van der Waals surface area contributed by atoms with Crippen LogP contribution in [0.4, 0.5) is 8.78 Å². The standard InChI is InChI=1S/C23H21F2NO4/c1-23(2,22(28)29)26-21(27)18-13-19(25)16-8-3-4-9-17(16)20(18)30-11-10-14-6-5-7-15(24)12-14/h3-9,12-13H,10-11H2,1-2H3,(H,26,27)(H,28,29). The molecule has 1 amide bonds. The molecular formula is C23H21F2NO4. The van der Waals surface area contributed by atoms with Gasteiger partial charge in [0.05, 0.1) is 12.2 Å². The maximum Gasteiger partial charge on any atom is 0.328 e. The Morgan fingerprint density at radius 1 is 1.03 bits per heavy atom. The molecule has 0 radical (unpaired) electrons. The van der Waals surface area contributed by atoms with Gasteiger partial charge in [-0.2, -0.15) is 0 Å². The van der Waals surface area contributed by atoms with E-state index in [-0.39, 0.29) is 29.1 Å². The molecule has 5 nitrogen and oxygen atoms in total. The number of ether oxygens (including phenoxy) is 1. The number of halogens is 2. The number of carbonyl (C=O) groups excluding carboxylic acids is 1. The van der Waals surface area contributed by atoms with Gasteiger partial charge in [-0.3, -0.25) is 4.79 Å². The molecule has 0 spiro atoms. The number of carboxylic acid groups (broad SMARTS) is 1. The molecule has 2 N–H and O–H groups in total. The molecule has 0 fully saturated rings. The van der Waals surface area contributed by atoms with Crippen LogP contribution in [0.2, 0.25) is 0 Å². The normalized spacial score (nSPS) is 11.3. The minimum Gasteiger partial charge on any atom is -0.492 e. The first-order valence-electron chi connectivity index (χ1n) is 9.33. The topological polar surface area (TPSA) is 75.6 Å². The fourth-order valence-electron chi connectivity index (χ4n) is 3.00. The highest BCUT2D eigenvalue weighted by atomic mass is 19.1. The molecular weight excluding hydrogens is 392 g/mol. The van der Waals surface area contributed by atoms with Crippen LogP contribution < -0.4 is 10.1 Å². The van der Waals surface area contributed by atoms with Crippen molar-refractivity contribution in [3.8, 4) is 5.75 Å². The van der Waals surface area contributed by atoms with Gasteiger partial charge in [0, 0.05) is 17.2 Å². The highest BCUT2D eigenvalue weighted by Gasteiger charge is 2.31. The summed E-state index contributed by atoms with van der Waals surface area (Å²) in [5, 5.41) is 12.3. The van der Waals surface area contributed by atoms with Crippen molar-refractivity contribution in [3.63, 3.8) is 0 Å². The second kappa shape index (κ2) is 8.49. The van der Waals surface area contributed by atoms with E-state index >= 15 is 0 Å². The predicted molar refractivity (Wildman–Crippen MR) is 109 cm³/mol. The van der Waals surface area contributed by atoms with Crippen LogP contribution in [0.25, 0.3) is 10.8 Å². The van der Waals surface area contributed by atoms with Crippen molar-refractivity contribution in [1.82, 2.24) is 5.32 Å². The third-order valence-electron chi connectivity index (χ3n) is 4.68. The Morgan fingerprint density at radius 2 is 1.73 bits per heavy atom. The lowest BCUT2D eigenvalue weighted by molar-refractivity contribution is -0.143. The first kappa shape index (κ1) is 21.2. The number of nitrogens with one attached hydrogen (secondary N) is 1. The summed E-state index contributed by atoms with van der Waals surface area (Å²) >= 11 is 0. The van der Waals surface area contributed by atoms with Gasteiger partial charge < -0.3 is 15.2 Å². The van der Waals surface area contributed by atoms with Gasteiger partial charge in [-0.15, -0.1) is 0 Å². The lowest BCUT2D eigenvalue weighted by atomic mass is 10.0. The molecule has 0 aliphatic rings. The van der Waals surface area contributed by atoms with Gasteiger partial charge in [0.2, 0.25) is 0 Å². The average molecular weight is 413 g/mol. The third kappa shape index (κ3) is 4.56. The molecule has 0 unspecified atom stereocenters. The first-order valence-corrected chi connectivity index (χ1v) is 9.33. The van der Waals surface area contributed by atoms with Gasteiger partial charge in [-0.05, 0) is 37.6 Å². The van der Waals surface area contributed by atoms with E-state index in [9.17, 15) is 23.5 Å². The number of fused-ring (bicyclic) bond motifs is 1. The number of hydrogen-bond acceptors (Lipinski definition) is 3. The molecule has 3 aromatic rings. The summed E-state index contributed by atoms with van der Waals surface area (Å²) in [6.07, 6.45) is 0.366. The lowest BCUT2D eigenvalue weighted by Gasteiger charge is -2.22. The van der Waals surface area contributed by atoms with E-state index in [0.717, 1.165) is 6.07 Å². The molecule has 0 heterocycles. The second-order valence-corrected chi connectivity index (χ2v) is 7.39. The monoisotopic (exact) mass is 413 g/mol. The van der Waals surface area contributed by atoms with Crippen molar-refractivity contribution in [1.29, 1.82) is 0 Å². The number of hydrogen-bond donors (Lipinski definition) is 2. The van der Waals surface area contributed by atoms with E-state index in [0.29, 0.717) is 17.4 Å². The van der Waals surface area contributed by atoms with E-state index in [1.54, 1.807) is 36.4 Å². The Labute approximate surface area is 172 Å². The van der Waals surface area contributed by atoms with Crippen molar-refractivity contribution in [2.75, 3.05) is 6.61 Å². The first-order chi connectivity index (χ1) is 14.2. The number of amides is 1. The van der Waals surface area contributed by atoms with Crippen molar-refractivity contribution in [2.45, 2.75) is 25.8 Å². The Hall–Kier alpha value is -3.48. The van der Waals surface area contributed by atoms with Crippen molar-refractivity contribution >= 4 is 22.6 Å². The zero-order valence-electron chi connectivity index (χ0n) is 16.5. The molecule has 0 atom stereocenters. The van der Waals surface area contributed by atoms with E-state index in [1.165, 1.54) is 26.0 Å². The van der Waals surface area contributed by atoms with Crippen LogP contribution >= 0.6 is 0 Å². The van der Waals surface area contributed by atoms with Crippen molar-refractivity contribution < 1.29 is 28.2 Å². The molecule has 7 heteroatoms. The molecule has 0 bridgehead atoms. The number of carbonyl (C=O) groups is 2. The summed E-state index contributed by atoms with van der Waals surface area (Å²) in [5.74, 6) is -2.85. The largest absolute Gasteiger partial charge is 0.492 e. The molecule has 0 aliphatic carbocycles. The number of carboxylic acids is 1. The highest BCUT2D eigenvalue weighted by molar-refractivity contribution is 6.05. The Kier molecular flexibility index (Phi) is 6.01. The summed E-state index contributed by atoms with van der Waals surface area (Å²) in [4.78, 5) is 24.1. The van der Waals surface area contributed by atoms with Crippen LogP contribution in [-0.2, 0) is 11.2 Å². The second-order valence-electron chi connectivity index (χ2n) is 7.39. The highest BCUT2D eigenvalue weighted by Crippen LogP contribution is 2.32. The molecule has 0 saturated heterocycles. The fraction of sp³-hybridized carbons (Fsp3) is 0.217. The summed E-state index contributed by atoms with van der Waals surface area (Å²) in [6.45, 7) is 2.77. The summed E-state index contributed by atoms with van der Waals surface area (Å²) in [7, 11) is 0. The van der Waals surface area contributed by atoms with E-state index in [2.05, 4.69) is 5.32 Å². The summed E-state index contributed by atoms with van der Waals surface area (Å²) < 4.78 is 33.8. The van der Waals surface area contributed by atoms with Crippen LogP contribution in [0.3, 0.4) is 0 Å². The van der Waals surface area contributed by atoms with E-state index < -0.39 is 23.2 Å². The molecule has 3 rings (SSSR count). The molecule has 156 valence electrons. The maximum absolute atomic E-state index is 14.6. The van der Waals surface area contributed by atoms with Gasteiger partial charge >= 0.3 is 5.97 Å². The molecule has 0 saturated carbocycles. The van der Waals surface area contributed by atoms with Crippen molar-refractivity contribution in [2.24, 2.45) is 0 Å². The Bertz CT molecular complexity index is 1110. The molecule has 30 heavy (non-hydrogen) atoms. The maximum atomic E-state index is 14.6. The minimum atomic E-state index is -1.56. The number of aliphatic carboxylic acids is 1. The lowest BCUT2D eigenvalue weighted by Crippen LogP contribution is -2.49. The van der Waals surface area contributed by atoms with Crippen LogP contribution in [0, 0.1) is 11.6 Å². The van der Waals surface area contributed by atoms with Crippen LogP contribution in [0.15, 0.2) is 54.6 Å². The molecule has 0 aromatic heterocycles. The number of rotatable bonds is 7. The van der Waals surface area contributed by atoms with Crippen LogP contribution in [-0.4, -0.2) is 29.1 Å². The smallest absolute Gasteiger partial charge is 0.328 e. The van der Waals surface area contributed by atoms with Gasteiger partial charge in [-0.25, -0.2) is 13.6 Å². The van der Waals surface area contributed by atoms with Crippen LogP contribution in [0.1, 0.15) is 29.8 Å². The molecule has 3 aromatic carbocycles. The van der Waals surface area contributed by atoms with Gasteiger partial charge in [-0.1, -0.05) is 36.4 Å². The Morgan fingerprint density at radius 3 is 2.40 bits per heavy atom. The van der Waals surface area contributed by atoms with Crippen molar-refractivity contribution in [3.05, 3.63) is 77.4 Å². The zero-order chi connectivity index (χ0) is 21.9. The SMILES string of the molecule is CC(C)(NC(=O)c1cc(F)c2ccccc2c1OCCc1cccc(F)c1)C(=O)O. The Balaban J connectivity index is 1.95. The number of benzene rings is 3. The summed E-state index contributed by atoms with van der Waals surface area (Å²) in [6, 6.07) is 13.6. The average Bonchev–Trinajstić information content (AvgIpc) is 2.69. The van der Waals surface area contributed by atoms with Gasteiger partial charge in [0.15, 0.2) is 0 Å². The fourth-order valence-corrected chi connectivity index (χ4v) is 3.00. The quantitative estimate of drug-likeness (QED) is 0.605. The van der Waals surface area contributed by atoms with E-state index in [1.807, 2.05) is 0 Å².